The smallest absolute Gasteiger partial charge is 0.249 e. The first-order valence-electron chi connectivity index (χ1n) is 11.8. The van der Waals surface area contributed by atoms with Gasteiger partial charge in [-0.05, 0) is 48.4 Å². The van der Waals surface area contributed by atoms with Crippen LogP contribution in [-0.2, 0) is 16.0 Å². The molecule has 4 N–H and O–H groups in total. The molecule has 0 aliphatic carbocycles. The summed E-state index contributed by atoms with van der Waals surface area (Å²) >= 11 is 0. The van der Waals surface area contributed by atoms with Gasteiger partial charge in [-0.1, -0.05) is 12.1 Å². The van der Waals surface area contributed by atoms with Crippen molar-refractivity contribution < 1.29 is 24.5 Å². The number of piperazine rings is 1. The average molecular weight is 479 g/mol. The summed E-state index contributed by atoms with van der Waals surface area (Å²) in [5.74, 6) is 0.547. The van der Waals surface area contributed by atoms with Crippen molar-refractivity contribution in [3.05, 3.63) is 59.3 Å². The maximum Gasteiger partial charge on any atom is 0.249 e. The Morgan fingerprint density at radius 2 is 2.03 bits per heavy atom. The molecule has 9 heteroatoms. The predicted octanol–water partition coefficient (Wildman–Crippen LogP) is 1.54. The summed E-state index contributed by atoms with van der Waals surface area (Å²) in [6.07, 6.45) is 0.357. The van der Waals surface area contributed by atoms with Crippen LogP contribution in [0.5, 0.6) is 11.5 Å². The number of H-pyrrole nitrogens is 1. The van der Waals surface area contributed by atoms with Crippen LogP contribution in [0, 0.1) is 0 Å². The van der Waals surface area contributed by atoms with Gasteiger partial charge in [-0.3, -0.25) is 9.59 Å². The Morgan fingerprint density at radius 3 is 2.77 bits per heavy atom. The molecular weight excluding hydrogens is 448 g/mol. The van der Waals surface area contributed by atoms with E-state index in [2.05, 4.69) is 10.3 Å². The summed E-state index contributed by atoms with van der Waals surface area (Å²) < 4.78 is 5.45. The number of fused-ring (bicyclic) bond motifs is 4. The van der Waals surface area contributed by atoms with Crippen LogP contribution in [0.3, 0.4) is 0 Å². The largest absolute Gasteiger partial charge is 0.508 e. The van der Waals surface area contributed by atoms with Gasteiger partial charge >= 0.3 is 0 Å². The molecule has 35 heavy (non-hydrogen) atoms. The standard InChI is InChI=1S/C26H30N4O5/c1-26-14-20-19-13-18(35-2)6-7-21(19)28-23(20)24(16-4-3-5-17(32)12-16)30(26)22(33)15-29(25(26)34)10-8-27-9-11-31/h3-7,12-13,24,27-28,31-32H,8-11,14-15H2,1-2H3/t24-,26+/m1/s1. The number of nitrogens with one attached hydrogen (secondary N) is 2. The number of phenols is 1. The van der Waals surface area contributed by atoms with Crippen LogP contribution in [-0.4, -0.2) is 82.2 Å². The van der Waals surface area contributed by atoms with E-state index in [1.807, 2.05) is 31.2 Å². The topological polar surface area (TPSA) is 118 Å². The monoisotopic (exact) mass is 478 g/mol. The van der Waals surface area contributed by atoms with Gasteiger partial charge in [0.25, 0.3) is 0 Å². The van der Waals surface area contributed by atoms with Gasteiger partial charge in [-0.15, -0.1) is 0 Å². The Balaban J connectivity index is 1.64. The highest BCUT2D eigenvalue weighted by Crippen LogP contribution is 2.47. The van der Waals surface area contributed by atoms with Crippen molar-refractivity contribution >= 4 is 22.7 Å². The lowest BCUT2D eigenvalue weighted by Crippen LogP contribution is -2.70. The van der Waals surface area contributed by atoms with Crippen LogP contribution in [0.1, 0.15) is 29.8 Å². The fourth-order valence-electron chi connectivity index (χ4n) is 5.50. The number of aliphatic hydroxyl groups is 1. The molecule has 3 aromatic rings. The Kier molecular flexibility index (Phi) is 5.90. The number of aliphatic hydroxyl groups excluding tert-OH is 1. The fourth-order valence-corrected chi connectivity index (χ4v) is 5.50. The number of aromatic hydroxyl groups is 1. The number of ether oxygens (including phenoxy) is 1. The first-order valence-corrected chi connectivity index (χ1v) is 11.8. The van der Waals surface area contributed by atoms with Crippen LogP contribution in [0.25, 0.3) is 10.9 Å². The molecule has 2 atom stereocenters. The molecule has 0 bridgehead atoms. The second kappa shape index (κ2) is 8.90. The number of hydrogen-bond acceptors (Lipinski definition) is 6. The number of phenolic OH excluding ortho intramolecular Hbond substituents is 1. The second-order valence-corrected chi connectivity index (χ2v) is 9.34. The van der Waals surface area contributed by atoms with Crippen molar-refractivity contribution in [2.75, 3.05) is 39.9 Å². The van der Waals surface area contributed by atoms with Gasteiger partial charge in [0.2, 0.25) is 11.8 Å². The van der Waals surface area contributed by atoms with Crippen molar-refractivity contribution in [2.45, 2.75) is 24.9 Å². The Bertz CT molecular complexity index is 1290. The van der Waals surface area contributed by atoms with Gasteiger partial charge in [0.1, 0.15) is 17.0 Å². The normalized spacial score (nSPS) is 21.9. The maximum atomic E-state index is 13.9. The molecule has 2 aromatic carbocycles. The third kappa shape index (κ3) is 3.81. The number of methoxy groups -OCH3 is 1. The molecule has 1 saturated heterocycles. The van der Waals surface area contributed by atoms with Crippen molar-refractivity contribution in [3.8, 4) is 11.5 Å². The quantitative estimate of drug-likeness (QED) is 0.383. The molecular formula is C26H30N4O5. The highest BCUT2D eigenvalue weighted by Gasteiger charge is 2.55. The number of aromatic amines is 1. The van der Waals surface area contributed by atoms with Crippen LogP contribution in [0.4, 0.5) is 0 Å². The molecule has 2 aliphatic heterocycles. The zero-order valence-electron chi connectivity index (χ0n) is 19.9. The summed E-state index contributed by atoms with van der Waals surface area (Å²) in [5, 5.41) is 23.3. The molecule has 5 rings (SSSR count). The molecule has 0 saturated carbocycles. The first-order chi connectivity index (χ1) is 16.9. The Labute approximate surface area is 203 Å². The molecule has 3 heterocycles. The van der Waals surface area contributed by atoms with E-state index < -0.39 is 11.6 Å². The van der Waals surface area contributed by atoms with E-state index in [0.29, 0.717) is 31.8 Å². The van der Waals surface area contributed by atoms with Crippen molar-refractivity contribution in [1.29, 1.82) is 0 Å². The van der Waals surface area contributed by atoms with E-state index >= 15 is 0 Å². The third-order valence-corrected chi connectivity index (χ3v) is 7.11. The minimum atomic E-state index is -1.10. The summed E-state index contributed by atoms with van der Waals surface area (Å²) in [6, 6.07) is 12.1. The molecule has 0 unspecified atom stereocenters. The zero-order chi connectivity index (χ0) is 24.7. The second-order valence-electron chi connectivity index (χ2n) is 9.34. The van der Waals surface area contributed by atoms with Gasteiger partial charge in [0, 0.05) is 42.7 Å². The lowest BCUT2D eigenvalue weighted by atomic mass is 9.78. The predicted molar refractivity (Wildman–Crippen MR) is 130 cm³/mol. The lowest BCUT2D eigenvalue weighted by Gasteiger charge is -2.53. The third-order valence-electron chi connectivity index (χ3n) is 7.11. The van der Waals surface area contributed by atoms with Crippen molar-refractivity contribution in [3.63, 3.8) is 0 Å². The van der Waals surface area contributed by atoms with Crippen molar-refractivity contribution in [2.24, 2.45) is 0 Å². The van der Waals surface area contributed by atoms with E-state index in [0.717, 1.165) is 27.7 Å². The van der Waals surface area contributed by atoms with Gasteiger partial charge in [0.05, 0.1) is 26.3 Å². The lowest BCUT2D eigenvalue weighted by molar-refractivity contribution is -0.167. The summed E-state index contributed by atoms with van der Waals surface area (Å²) in [6.45, 7) is 3.11. The molecule has 2 aliphatic rings. The van der Waals surface area contributed by atoms with Gasteiger partial charge in [0.15, 0.2) is 0 Å². The van der Waals surface area contributed by atoms with Gasteiger partial charge in [-0.2, -0.15) is 0 Å². The molecule has 184 valence electrons. The molecule has 0 radical (unpaired) electrons. The van der Waals surface area contributed by atoms with Crippen LogP contribution in [0.15, 0.2) is 42.5 Å². The van der Waals surface area contributed by atoms with Crippen molar-refractivity contribution in [1.82, 2.24) is 20.1 Å². The van der Waals surface area contributed by atoms with Gasteiger partial charge in [-0.25, -0.2) is 0 Å². The SMILES string of the molecule is COc1ccc2[nH]c3c(c2c1)C[C@@]1(C)C(=O)N(CCNCCO)CC(=O)N1[C@@H]3c1cccc(O)c1. The number of nitrogens with zero attached hydrogens (tertiary/aromatic N) is 2. The maximum absolute atomic E-state index is 13.9. The number of amides is 2. The number of aromatic nitrogens is 1. The van der Waals surface area contributed by atoms with E-state index in [1.54, 1.807) is 35.1 Å². The van der Waals surface area contributed by atoms with Gasteiger partial charge < -0.3 is 35.1 Å². The fraction of sp³-hybridized carbons (Fsp3) is 0.385. The zero-order valence-corrected chi connectivity index (χ0v) is 19.9. The van der Waals surface area contributed by atoms with E-state index in [1.165, 1.54) is 0 Å². The Hall–Kier alpha value is -3.56. The minimum Gasteiger partial charge on any atom is -0.508 e. The molecule has 0 spiro atoms. The number of rotatable bonds is 7. The summed E-state index contributed by atoms with van der Waals surface area (Å²) in [7, 11) is 1.62. The van der Waals surface area contributed by atoms with E-state index in [-0.39, 0.29) is 30.7 Å². The molecule has 1 aromatic heterocycles. The molecule has 2 amide bonds. The number of hydrogen-bond donors (Lipinski definition) is 4. The van der Waals surface area contributed by atoms with E-state index in [4.69, 9.17) is 9.84 Å². The van der Waals surface area contributed by atoms with Crippen LogP contribution < -0.4 is 10.1 Å². The minimum absolute atomic E-state index is 0.0107. The molecule has 9 nitrogen and oxygen atoms in total. The molecule has 1 fully saturated rings. The Morgan fingerprint density at radius 1 is 1.20 bits per heavy atom. The van der Waals surface area contributed by atoms with E-state index in [9.17, 15) is 14.7 Å². The van der Waals surface area contributed by atoms with Crippen LogP contribution in [0.2, 0.25) is 0 Å². The summed E-state index contributed by atoms with van der Waals surface area (Å²) in [5.41, 5.74) is 2.33. The average Bonchev–Trinajstić information content (AvgIpc) is 3.20. The number of carbonyl (C=O) groups excluding carboxylic acids is 2. The highest BCUT2D eigenvalue weighted by molar-refractivity contribution is 6.00. The number of benzene rings is 2. The first kappa shape index (κ1) is 23.2. The van der Waals surface area contributed by atoms with Crippen LogP contribution >= 0.6 is 0 Å². The number of carbonyl (C=O) groups is 2. The highest BCUT2D eigenvalue weighted by atomic mass is 16.5. The summed E-state index contributed by atoms with van der Waals surface area (Å²) in [4.78, 5) is 34.3.